The fourth-order valence-corrected chi connectivity index (χ4v) is 0.718. The van der Waals surface area contributed by atoms with Crippen LogP contribution in [0.4, 0.5) is 0 Å². The Balaban J connectivity index is 4.08. The average Bonchev–Trinajstić information content (AvgIpc) is 1.84. The van der Waals surface area contributed by atoms with Gasteiger partial charge in [-0.15, -0.1) is 0 Å². The molecule has 2 N–H and O–H groups in total. The predicted molar refractivity (Wildman–Crippen MR) is 52.8 cm³/mol. The Hall–Kier alpha value is -1.17. The quantitative estimate of drug-likeness (QED) is 0.364. The van der Waals surface area contributed by atoms with Crippen molar-refractivity contribution in [3.8, 4) is 12.5 Å². The van der Waals surface area contributed by atoms with Crippen LogP contribution in [0.5, 0.6) is 0 Å². The summed E-state index contributed by atoms with van der Waals surface area (Å²) in [6, 6.07) is 2.91. The summed E-state index contributed by atoms with van der Waals surface area (Å²) in [5.41, 5.74) is 0. The lowest BCUT2D eigenvalue weighted by Crippen LogP contribution is -2.43. The Morgan fingerprint density at radius 1 is 1.17 bits per heavy atom. The molecule has 0 aromatic rings. The summed E-state index contributed by atoms with van der Waals surface area (Å²) in [6.07, 6.45) is 5.06. The number of guanidine groups is 1. The Bertz CT molecular complexity index is 174. The van der Waals surface area contributed by atoms with Crippen LogP contribution in [-0.2, 0) is 0 Å². The van der Waals surface area contributed by atoms with Gasteiger partial charge < -0.3 is 10.6 Å². The SMILES string of the molecule is C#CN=C(NC(C)C)NC(C)C. The molecule has 68 valence electrons. The van der Waals surface area contributed by atoms with Gasteiger partial charge in [0.15, 0.2) is 0 Å². The molecule has 3 nitrogen and oxygen atoms in total. The summed E-state index contributed by atoms with van der Waals surface area (Å²) in [5, 5.41) is 6.22. The van der Waals surface area contributed by atoms with Gasteiger partial charge in [-0.1, -0.05) is 6.42 Å². The maximum atomic E-state index is 5.06. The van der Waals surface area contributed by atoms with E-state index >= 15 is 0 Å². The lowest BCUT2D eigenvalue weighted by Gasteiger charge is -2.15. The van der Waals surface area contributed by atoms with Crippen molar-refractivity contribution in [3.05, 3.63) is 0 Å². The minimum Gasteiger partial charge on any atom is -0.353 e. The van der Waals surface area contributed by atoms with Crippen molar-refractivity contribution in [2.24, 2.45) is 4.99 Å². The summed E-state index contributed by atoms with van der Waals surface area (Å²) in [6.45, 7) is 8.14. The van der Waals surface area contributed by atoms with Crippen molar-refractivity contribution in [1.29, 1.82) is 0 Å². The van der Waals surface area contributed by atoms with Gasteiger partial charge in [0, 0.05) is 18.1 Å². The number of terminal acetylenes is 1. The number of rotatable bonds is 2. The third kappa shape index (κ3) is 5.60. The lowest BCUT2D eigenvalue weighted by molar-refractivity contribution is 0.661. The van der Waals surface area contributed by atoms with Gasteiger partial charge in [-0.2, -0.15) is 4.99 Å². The molecule has 0 aromatic carbocycles. The van der Waals surface area contributed by atoms with Crippen molar-refractivity contribution in [1.82, 2.24) is 10.6 Å². The molecule has 3 heteroatoms. The number of nitrogens with zero attached hydrogens (tertiary/aromatic N) is 1. The Morgan fingerprint density at radius 2 is 1.58 bits per heavy atom. The van der Waals surface area contributed by atoms with E-state index in [0.717, 1.165) is 0 Å². The minimum atomic E-state index is 0.336. The molecule has 12 heavy (non-hydrogen) atoms. The van der Waals surface area contributed by atoms with Crippen LogP contribution in [0.25, 0.3) is 0 Å². The highest BCUT2D eigenvalue weighted by Gasteiger charge is 2.01. The monoisotopic (exact) mass is 167 g/mol. The van der Waals surface area contributed by atoms with Gasteiger partial charge in [-0.05, 0) is 27.7 Å². The first kappa shape index (κ1) is 10.8. The summed E-state index contributed by atoms with van der Waals surface area (Å²) in [7, 11) is 0. The number of hydrogen-bond acceptors (Lipinski definition) is 1. The zero-order valence-corrected chi connectivity index (χ0v) is 8.18. The molecule has 0 spiro atoms. The van der Waals surface area contributed by atoms with Crippen LogP contribution in [-0.4, -0.2) is 18.0 Å². The molecule has 0 amide bonds. The van der Waals surface area contributed by atoms with Crippen molar-refractivity contribution < 1.29 is 0 Å². The predicted octanol–water partition coefficient (Wildman–Crippen LogP) is 0.929. The molecule has 0 bridgehead atoms. The summed E-state index contributed by atoms with van der Waals surface area (Å²) in [4.78, 5) is 3.83. The molecule has 0 atom stereocenters. The van der Waals surface area contributed by atoms with Gasteiger partial charge in [-0.3, -0.25) is 0 Å². The molecule has 0 aromatic heterocycles. The fourth-order valence-electron chi connectivity index (χ4n) is 0.718. The van der Waals surface area contributed by atoms with E-state index in [0.29, 0.717) is 18.0 Å². The molecular formula is C9H17N3. The molecule has 0 radical (unpaired) electrons. The van der Waals surface area contributed by atoms with E-state index in [1.54, 1.807) is 0 Å². The highest BCUT2D eigenvalue weighted by molar-refractivity contribution is 5.81. The van der Waals surface area contributed by atoms with Gasteiger partial charge in [0.2, 0.25) is 5.96 Å². The summed E-state index contributed by atoms with van der Waals surface area (Å²) >= 11 is 0. The minimum absolute atomic E-state index is 0.336. The number of aliphatic imine (C=N–C) groups is 1. The van der Waals surface area contributed by atoms with E-state index < -0.39 is 0 Å². The van der Waals surface area contributed by atoms with E-state index in [4.69, 9.17) is 6.42 Å². The molecular weight excluding hydrogens is 150 g/mol. The second kappa shape index (κ2) is 5.48. The summed E-state index contributed by atoms with van der Waals surface area (Å²) in [5.74, 6) is 0.669. The van der Waals surface area contributed by atoms with Crippen LogP contribution < -0.4 is 10.6 Å². The molecule has 0 saturated carbocycles. The van der Waals surface area contributed by atoms with E-state index in [-0.39, 0.29) is 0 Å². The van der Waals surface area contributed by atoms with Crippen LogP contribution >= 0.6 is 0 Å². The second-order valence-electron chi connectivity index (χ2n) is 3.19. The first-order valence-electron chi connectivity index (χ1n) is 4.12. The molecule has 0 heterocycles. The number of nitrogens with one attached hydrogen (secondary N) is 2. The Kier molecular flexibility index (Phi) is 4.94. The highest BCUT2D eigenvalue weighted by Crippen LogP contribution is 1.81. The van der Waals surface area contributed by atoms with Crippen molar-refractivity contribution >= 4 is 5.96 Å². The summed E-state index contributed by atoms with van der Waals surface area (Å²) < 4.78 is 0. The van der Waals surface area contributed by atoms with E-state index in [1.807, 2.05) is 27.7 Å². The third-order valence-electron chi connectivity index (χ3n) is 1.03. The molecule has 0 aliphatic rings. The highest BCUT2D eigenvalue weighted by atomic mass is 15.2. The standard InChI is InChI=1S/C9H17N3/c1-6-10-9(11-7(2)3)12-8(4)5/h1,7-8H,2-5H3,(H2,10,11,12). The zero-order chi connectivity index (χ0) is 9.56. The molecule has 0 rings (SSSR count). The van der Waals surface area contributed by atoms with Gasteiger partial charge in [0.1, 0.15) is 0 Å². The van der Waals surface area contributed by atoms with Gasteiger partial charge >= 0.3 is 0 Å². The second-order valence-corrected chi connectivity index (χ2v) is 3.19. The van der Waals surface area contributed by atoms with Crippen LogP contribution in [0.15, 0.2) is 4.99 Å². The van der Waals surface area contributed by atoms with E-state index in [1.165, 1.54) is 0 Å². The molecule has 0 saturated heterocycles. The van der Waals surface area contributed by atoms with E-state index in [9.17, 15) is 0 Å². The van der Waals surface area contributed by atoms with Gasteiger partial charge in [-0.25, -0.2) is 0 Å². The first-order valence-corrected chi connectivity index (χ1v) is 4.12. The average molecular weight is 167 g/mol. The lowest BCUT2D eigenvalue weighted by atomic mass is 10.4. The van der Waals surface area contributed by atoms with Crippen LogP contribution in [0.3, 0.4) is 0 Å². The Morgan fingerprint density at radius 3 is 1.83 bits per heavy atom. The normalized spacial score (nSPS) is 9.42. The number of hydrogen-bond donors (Lipinski definition) is 2. The third-order valence-corrected chi connectivity index (χ3v) is 1.03. The van der Waals surface area contributed by atoms with Gasteiger partial charge in [0.25, 0.3) is 0 Å². The van der Waals surface area contributed by atoms with Crippen LogP contribution in [0.2, 0.25) is 0 Å². The van der Waals surface area contributed by atoms with Crippen LogP contribution in [0.1, 0.15) is 27.7 Å². The van der Waals surface area contributed by atoms with E-state index in [2.05, 4.69) is 21.7 Å². The first-order chi connectivity index (χ1) is 5.56. The molecule has 0 aliphatic heterocycles. The Labute approximate surface area is 74.7 Å². The molecule has 0 aliphatic carbocycles. The maximum Gasteiger partial charge on any atom is 0.205 e. The van der Waals surface area contributed by atoms with Crippen molar-refractivity contribution in [3.63, 3.8) is 0 Å². The maximum absolute atomic E-state index is 5.06. The topological polar surface area (TPSA) is 36.4 Å². The fraction of sp³-hybridized carbons (Fsp3) is 0.667. The zero-order valence-electron chi connectivity index (χ0n) is 8.18. The van der Waals surface area contributed by atoms with Gasteiger partial charge in [0.05, 0.1) is 0 Å². The molecule has 0 fully saturated rings. The van der Waals surface area contributed by atoms with Crippen molar-refractivity contribution in [2.75, 3.05) is 0 Å². The van der Waals surface area contributed by atoms with Crippen molar-refractivity contribution in [2.45, 2.75) is 39.8 Å². The molecule has 0 unspecified atom stereocenters. The smallest absolute Gasteiger partial charge is 0.205 e. The van der Waals surface area contributed by atoms with Crippen LogP contribution in [0, 0.1) is 12.5 Å². The largest absolute Gasteiger partial charge is 0.353 e.